The Hall–Kier alpha value is -4.33. The van der Waals surface area contributed by atoms with Gasteiger partial charge in [0.1, 0.15) is 0 Å². The molecule has 1 aliphatic heterocycles. The van der Waals surface area contributed by atoms with E-state index in [0.717, 1.165) is 35.1 Å². The van der Waals surface area contributed by atoms with Gasteiger partial charge in [-0.1, -0.05) is 24.3 Å². The van der Waals surface area contributed by atoms with Crippen LogP contribution in [-0.2, 0) is 15.0 Å². The van der Waals surface area contributed by atoms with Crippen LogP contribution in [0.4, 0.5) is 5.69 Å². The molecule has 3 amide bonds. The fourth-order valence-electron chi connectivity index (χ4n) is 4.30. The number of fused-ring (bicyclic) bond motifs is 1. The highest BCUT2D eigenvalue weighted by atomic mass is 16.7. The van der Waals surface area contributed by atoms with Crippen molar-refractivity contribution in [1.29, 1.82) is 0 Å². The number of carbonyl (C=O) groups is 3. The highest BCUT2D eigenvalue weighted by Gasteiger charge is 2.51. The average Bonchev–Trinajstić information content (AvgIpc) is 3.54. The molecule has 8 heteroatoms. The standard InChI is InChI=1S/C27H25N3O5/c1-16-2-8-20(13-21(16)17-3-5-18(6-4-17)25(32)29-14-24(28)31)30-26(33)27(10-11-27)19-7-9-22-23(12-19)35-15-34-22/h2-9,12-13H,10-11,14-15H2,1H3,(H2,28,31)(H,29,32)(H,30,33). The SMILES string of the molecule is Cc1ccc(NC(=O)C2(c3ccc4c(c3)OCO4)CC2)cc1-c1ccc(C(=O)NCC(N)=O)cc1. The second-order valence-electron chi connectivity index (χ2n) is 8.86. The van der Waals surface area contributed by atoms with Crippen LogP contribution in [-0.4, -0.2) is 31.1 Å². The first-order chi connectivity index (χ1) is 16.9. The Morgan fingerprint density at radius 2 is 1.69 bits per heavy atom. The topological polar surface area (TPSA) is 120 Å². The lowest BCUT2D eigenvalue weighted by Crippen LogP contribution is -2.33. The van der Waals surface area contributed by atoms with Crippen LogP contribution >= 0.6 is 0 Å². The molecule has 0 atom stereocenters. The molecule has 0 radical (unpaired) electrons. The molecule has 0 bridgehead atoms. The number of carbonyl (C=O) groups excluding carboxylic acids is 3. The van der Waals surface area contributed by atoms with Gasteiger partial charge in [0.05, 0.1) is 12.0 Å². The third-order valence-electron chi connectivity index (χ3n) is 6.49. The van der Waals surface area contributed by atoms with Crippen LogP contribution in [0.5, 0.6) is 11.5 Å². The summed E-state index contributed by atoms with van der Waals surface area (Å²) in [6.07, 6.45) is 1.55. The maximum atomic E-state index is 13.3. The van der Waals surface area contributed by atoms with Gasteiger partial charge in [0, 0.05) is 11.3 Å². The van der Waals surface area contributed by atoms with Gasteiger partial charge in [-0.2, -0.15) is 0 Å². The molecule has 1 heterocycles. The minimum Gasteiger partial charge on any atom is -0.454 e. The zero-order valence-corrected chi connectivity index (χ0v) is 19.2. The summed E-state index contributed by atoms with van der Waals surface area (Å²) >= 11 is 0. The number of ether oxygens (including phenoxy) is 2. The van der Waals surface area contributed by atoms with Crippen LogP contribution in [0.25, 0.3) is 11.1 Å². The third kappa shape index (κ3) is 4.42. The lowest BCUT2D eigenvalue weighted by atomic mass is 9.94. The van der Waals surface area contributed by atoms with E-state index >= 15 is 0 Å². The van der Waals surface area contributed by atoms with Crippen molar-refractivity contribution >= 4 is 23.4 Å². The smallest absolute Gasteiger partial charge is 0.251 e. The van der Waals surface area contributed by atoms with Gasteiger partial charge in [0.15, 0.2) is 11.5 Å². The van der Waals surface area contributed by atoms with Gasteiger partial charge in [0.2, 0.25) is 18.6 Å². The Morgan fingerprint density at radius 3 is 2.40 bits per heavy atom. The van der Waals surface area contributed by atoms with E-state index in [1.54, 1.807) is 12.1 Å². The van der Waals surface area contributed by atoms with Crippen LogP contribution in [0.2, 0.25) is 0 Å². The highest BCUT2D eigenvalue weighted by molar-refractivity contribution is 6.02. The van der Waals surface area contributed by atoms with Crippen molar-refractivity contribution in [2.75, 3.05) is 18.7 Å². The summed E-state index contributed by atoms with van der Waals surface area (Å²) in [6, 6.07) is 18.5. The van der Waals surface area contributed by atoms with Crippen LogP contribution in [0, 0.1) is 6.92 Å². The Kier molecular flexibility index (Phi) is 5.64. The zero-order chi connectivity index (χ0) is 24.6. The number of hydrogen-bond donors (Lipinski definition) is 3. The quantitative estimate of drug-likeness (QED) is 0.489. The van der Waals surface area contributed by atoms with Gasteiger partial charge in [-0.25, -0.2) is 0 Å². The molecule has 0 spiro atoms. The van der Waals surface area contributed by atoms with Crippen molar-refractivity contribution in [3.63, 3.8) is 0 Å². The first kappa shape index (κ1) is 22.5. The third-order valence-corrected chi connectivity index (χ3v) is 6.49. The number of nitrogens with two attached hydrogens (primary N) is 1. The summed E-state index contributed by atoms with van der Waals surface area (Å²) in [4.78, 5) is 36.3. The van der Waals surface area contributed by atoms with Crippen molar-refractivity contribution < 1.29 is 23.9 Å². The molecule has 0 saturated heterocycles. The molecule has 3 aromatic rings. The minimum atomic E-state index is -0.601. The molecule has 1 saturated carbocycles. The van der Waals surface area contributed by atoms with Crippen molar-refractivity contribution in [3.05, 3.63) is 77.4 Å². The maximum Gasteiger partial charge on any atom is 0.251 e. The summed E-state index contributed by atoms with van der Waals surface area (Å²) in [5.41, 5.74) is 9.45. The predicted molar refractivity (Wildman–Crippen MR) is 130 cm³/mol. The van der Waals surface area contributed by atoms with Crippen molar-refractivity contribution in [2.24, 2.45) is 5.73 Å². The molecule has 0 unspecified atom stereocenters. The maximum absolute atomic E-state index is 13.3. The number of nitrogens with one attached hydrogen (secondary N) is 2. The van der Waals surface area contributed by atoms with Gasteiger partial charge < -0.3 is 25.8 Å². The molecule has 8 nitrogen and oxygen atoms in total. The molecule has 35 heavy (non-hydrogen) atoms. The number of amides is 3. The lowest BCUT2D eigenvalue weighted by molar-refractivity contribution is -0.118. The minimum absolute atomic E-state index is 0.0485. The van der Waals surface area contributed by atoms with E-state index in [-0.39, 0.29) is 25.2 Å². The first-order valence-electron chi connectivity index (χ1n) is 11.3. The van der Waals surface area contributed by atoms with Gasteiger partial charge in [-0.15, -0.1) is 0 Å². The van der Waals surface area contributed by atoms with Crippen LogP contribution < -0.4 is 25.8 Å². The van der Waals surface area contributed by atoms with Gasteiger partial charge in [-0.05, 0) is 78.4 Å². The zero-order valence-electron chi connectivity index (χ0n) is 19.2. The Bertz CT molecular complexity index is 1330. The number of anilines is 1. The van der Waals surface area contributed by atoms with Gasteiger partial charge >= 0.3 is 0 Å². The average molecular weight is 472 g/mol. The first-order valence-corrected chi connectivity index (χ1v) is 11.3. The Morgan fingerprint density at radius 1 is 0.943 bits per heavy atom. The Labute approximate surface area is 202 Å². The number of benzene rings is 3. The number of primary amides is 1. The van der Waals surface area contributed by atoms with Gasteiger partial charge in [-0.3, -0.25) is 14.4 Å². The molecule has 5 rings (SSSR count). The predicted octanol–water partition coefficient (Wildman–Crippen LogP) is 3.28. The summed E-state index contributed by atoms with van der Waals surface area (Å²) in [5, 5.41) is 5.56. The van der Waals surface area contributed by atoms with Crippen LogP contribution in [0.15, 0.2) is 60.7 Å². The molecular formula is C27H25N3O5. The van der Waals surface area contributed by atoms with E-state index in [1.165, 1.54) is 0 Å². The molecule has 178 valence electrons. The van der Waals surface area contributed by atoms with E-state index in [1.807, 2.05) is 55.5 Å². The molecule has 4 N–H and O–H groups in total. The van der Waals surface area contributed by atoms with Crippen LogP contribution in [0.3, 0.4) is 0 Å². The second-order valence-corrected chi connectivity index (χ2v) is 8.86. The van der Waals surface area contributed by atoms with Crippen molar-refractivity contribution in [1.82, 2.24) is 5.32 Å². The molecule has 3 aromatic carbocycles. The largest absolute Gasteiger partial charge is 0.454 e. The fraction of sp³-hybridized carbons (Fsp3) is 0.222. The molecule has 2 aliphatic rings. The normalized spacial score (nSPS) is 14.8. The van der Waals surface area contributed by atoms with Crippen molar-refractivity contribution in [3.8, 4) is 22.6 Å². The van der Waals surface area contributed by atoms with Gasteiger partial charge in [0.25, 0.3) is 5.91 Å². The molecule has 0 aromatic heterocycles. The van der Waals surface area contributed by atoms with Crippen molar-refractivity contribution in [2.45, 2.75) is 25.2 Å². The van der Waals surface area contributed by atoms with E-state index in [4.69, 9.17) is 15.2 Å². The summed E-state index contributed by atoms with van der Waals surface area (Å²) in [7, 11) is 0. The van der Waals surface area contributed by atoms with Crippen LogP contribution in [0.1, 0.15) is 34.3 Å². The van der Waals surface area contributed by atoms with E-state index in [2.05, 4.69) is 10.6 Å². The lowest BCUT2D eigenvalue weighted by Gasteiger charge is -2.17. The van der Waals surface area contributed by atoms with E-state index in [9.17, 15) is 14.4 Å². The fourth-order valence-corrected chi connectivity index (χ4v) is 4.30. The van der Waals surface area contributed by atoms with E-state index in [0.29, 0.717) is 22.7 Å². The number of rotatable bonds is 7. The molecule has 1 aliphatic carbocycles. The summed E-state index contributed by atoms with van der Waals surface area (Å²) < 4.78 is 10.9. The van der Waals surface area contributed by atoms with E-state index < -0.39 is 11.3 Å². The highest BCUT2D eigenvalue weighted by Crippen LogP contribution is 2.51. The Balaban J connectivity index is 1.33. The number of aryl methyl sites for hydroxylation is 1. The molecule has 1 fully saturated rings. The number of hydrogen-bond acceptors (Lipinski definition) is 5. The molecular weight excluding hydrogens is 446 g/mol. The summed E-state index contributed by atoms with van der Waals surface area (Å²) in [5.74, 6) is 0.352. The summed E-state index contributed by atoms with van der Waals surface area (Å²) in [6.45, 7) is 1.97. The second kappa shape index (κ2) is 8.79. The monoisotopic (exact) mass is 471 g/mol.